The third-order valence-electron chi connectivity index (χ3n) is 3.98. The number of hydrogen-bond donors (Lipinski definition) is 2. The van der Waals surface area contributed by atoms with Crippen LogP contribution >= 0.6 is 12.4 Å². The SMILES string of the molecule is CC1CCNC(C(=O)NCCN(C(C)C)C(C)C)C1.Cl. The molecule has 0 saturated carbocycles. The van der Waals surface area contributed by atoms with Crippen molar-refractivity contribution in [2.24, 2.45) is 5.92 Å². The maximum Gasteiger partial charge on any atom is 0.237 e. The molecule has 0 aromatic rings. The molecule has 4 nitrogen and oxygen atoms in total. The molecule has 1 heterocycles. The number of piperidine rings is 1. The van der Waals surface area contributed by atoms with Gasteiger partial charge in [-0.3, -0.25) is 9.69 Å². The Morgan fingerprint density at radius 2 is 1.90 bits per heavy atom. The minimum Gasteiger partial charge on any atom is -0.353 e. The van der Waals surface area contributed by atoms with Gasteiger partial charge < -0.3 is 10.6 Å². The summed E-state index contributed by atoms with van der Waals surface area (Å²) in [6.45, 7) is 13.6. The van der Waals surface area contributed by atoms with E-state index in [0.717, 1.165) is 26.1 Å². The average molecular weight is 306 g/mol. The Morgan fingerprint density at radius 1 is 1.30 bits per heavy atom. The van der Waals surface area contributed by atoms with Crippen LogP contribution in [-0.2, 0) is 4.79 Å². The largest absolute Gasteiger partial charge is 0.353 e. The highest BCUT2D eigenvalue weighted by Crippen LogP contribution is 2.14. The number of nitrogens with one attached hydrogen (secondary N) is 2. The van der Waals surface area contributed by atoms with E-state index < -0.39 is 0 Å². The number of carbonyl (C=O) groups is 1. The summed E-state index contributed by atoms with van der Waals surface area (Å²) >= 11 is 0. The first-order valence-electron chi connectivity index (χ1n) is 7.68. The van der Waals surface area contributed by atoms with Crippen LogP contribution in [0, 0.1) is 5.92 Å². The number of amides is 1. The van der Waals surface area contributed by atoms with Crippen molar-refractivity contribution in [2.45, 2.75) is 65.6 Å². The van der Waals surface area contributed by atoms with E-state index in [1.54, 1.807) is 0 Å². The van der Waals surface area contributed by atoms with Gasteiger partial charge in [0.25, 0.3) is 0 Å². The minimum absolute atomic E-state index is 0. The molecule has 1 aliphatic rings. The van der Waals surface area contributed by atoms with Gasteiger partial charge in [0.15, 0.2) is 0 Å². The molecule has 2 unspecified atom stereocenters. The molecule has 1 aliphatic heterocycles. The van der Waals surface area contributed by atoms with Gasteiger partial charge in [-0.25, -0.2) is 0 Å². The van der Waals surface area contributed by atoms with Gasteiger partial charge in [0, 0.05) is 25.2 Å². The lowest BCUT2D eigenvalue weighted by Gasteiger charge is -2.31. The lowest BCUT2D eigenvalue weighted by atomic mass is 9.94. The van der Waals surface area contributed by atoms with Crippen molar-refractivity contribution in [3.05, 3.63) is 0 Å². The molecule has 0 aromatic carbocycles. The Morgan fingerprint density at radius 3 is 2.40 bits per heavy atom. The van der Waals surface area contributed by atoms with Crippen LogP contribution in [0.5, 0.6) is 0 Å². The fraction of sp³-hybridized carbons (Fsp3) is 0.933. The maximum atomic E-state index is 12.1. The third-order valence-corrected chi connectivity index (χ3v) is 3.98. The number of rotatable bonds is 6. The highest BCUT2D eigenvalue weighted by atomic mass is 35.5. The first-order chi connectivity index (χ1) is 8.91. The van der Waals surface area contributed by atoms with Gasteiger partial charge in [-0.05, 0) is 53.0 Å². The van der Waals surface area contributed by atoms with Gasteiger partial charge in [-0.15, -0.1) is 12.4 Å². The van der Waals surface area contributed by atoms with Crippen LogP contribution in [-0.4, -0.2) is 48.6 Å². The second-order valence-corrected chi connectivity index (χ2v) is 6.35. The number of carbonyl (C=O) groups excluding carboxylic acids is 1. The van der Waals surface area contributed by atoms with Crippen molar-refractivity contribution < 1.29 is 4.79 Å². The van der Waals surface area contributed by atoms with Gasteiger partial charge >= 0.3 is 0 Å². The first kappa shape index (κ1) is 19.7. The molecule has 20 heavy (non-hydrogen) atoms. The maximum absolute atomic E-state index is 12.1. The van der Waals surface area contributed by atoms with Crippen LogP contribution in [0.2, 0.25) is 0 Å². The van der Waals surface area contributed by atoms with E-state index >= 15 is 0 Å². The lowest BCUT2D eigenvalue weighted by molar-refractivity contribution is -0.124. The van der Waals surface area contributed by atoms with Crippen LogP contribution in [0.4, 0.5) is 0 Å². The van der Waals surface area contributed by atoms with Gasteiger partial charge in [0.2, 0.25) is 5.91 Å². The fourth-order valence-corrected chi connectivity index (χ4v) is 2.85. The number of hydrogen-bond acceptors (Lipinski definition) is 3. The number of halogens is 1. The van der Waals surface area contributed by atoms with Gasteiger partial charge in [-0.1, -0.05) is 6.92 Å². The van der Waals surface area contributed by atoms with Crippen molar-refractivity contribution in [1.82, 2.24) is 15.5 Å². The normalized spacial score (nSPS) is 23.0. The monoisotopic (exact) mass is 305 g/mol. The zero-order valence-electron chi connectivity index (χ0n) is 13.6. The van der Waals surface area contributed by atoms with Crippen molar-refractivity contribution in [2.75, 3.05) is 19.6 Å². The Hall–Kier alpha value is -0.320. The molecule has 1 saturated heterocycles. The molecule has 1 rings (SSSR count). The summed E-state index contributed by atoms with van der Waals surface area (Å²) < 4.78 is 0. The van der Waals surface area contributed by atoms with Crippen molar-refractivity contribution in [3.63, 3.8) is 0 Å². The predicted octanol–water partition coefficient (Wildman–Crippen LogP) is 2.03. The molecular formula is C15H32ClN3O. The average Bonchev–Trinajstić information content (AvgIpc) is 2.33. The summed E-state index contributed by atoms with van der Waals surface area (Å²) in [5.74, 6) is 0.818. The Balaban J connectivity index is 0.00000361. The quantitative estimate of drug-likeness (QED) is 0.789. The van der Waals surface area contributed by atoms with Gasteiger partial charge in [-0.2, -0.15) is 0 Å². The molecule has 120 valence electrons. The summed E-state index contributed by atoms with van der Waals surface area (Å²) in [7, 11) is 0. The molecular weight excluding hydrogens is 274 g/mol. The summed E-state index contributed by atoms with van der Waals surface area (Å²) in [5, 5.41) is 6.38. The molecule has 2 atom stereocenters. The highest BCUT2D eigenvalue weighted by molar-refractivity contribution is 5.85. The minimum atomic E-state index is 0. The summed E-state index contributed by atoms with van der Waals surface area (Å²) in [6.07, 6.45) is 2.14. The summed E-state index contributed by atoms with van der Waals surface area (Å²) in [4.78, 5) is 14.5. The fourth-order valence-electron chi connectivity index (χ4n) is 2.85. The molecule has 1 fully saturated rings. The molecule has 0 spiro atoms. The van der Waals surface area contributed by atoms with E-state index in [1.165, 1.54) is 6.42 Å². The second kappa shape index (κ2) is 9.59. The number of nitrogens with zero attached hydrogens (tertiary/aromatic N) is 1. The standard InChI is InChI=1S/C15H31N3O.ClH/c1-11(2)18(12(3)4)9-8-17-15(19)14-10-13(5)6-7-16-14;/h11-14,16H,6-10H2,1-5H3,(H,17,19);1H. The van der Waals surface area contributed by atoms with E-state index in [9.17, 15) is 4.79 Å². The lowest BCUT2D eigenvalue weighted by Crippen LogP contribution is -2.50. The predicted molar refractivity (Wildman–Crippen MR) is 87.4 cm³/mol. The van der Waals surface area contributed by atoms with E-state index in [1.807, 2.05) is 0 Å². The van der Waals surface area contributed by atoms with E-state index in [0.29, 0.717) is 18.0 Å². The van der Waals surface area contributed by atoms with E-state index in [4.69, 9.17) is 0 Å². The van der Waals surface area contributed by atoms with E-state index in [-0.39, 0.29) is 24.4 Å². The summed E-state index contributed by atoms with van der Waals surface area (Å²) in [6, 6.07) is 1.05. The van der Waals surface area contributed by atoms with Crippen LogP contribution in [0.15, 0.2) is 0 Å². The summed E-state index contributed by atoms with van der Waals surface area (Å²) in [5.41, 5.74) is 0. The van der Waals surface area contributed by atoms with Crippen LogP contribution in [0.3, 0.4) is 0 Å². The smallest absolute Gasteiger partial charge is 0.237 e. The second-order valence-electron chi connectivity index (χ2n) is 6.35. The van der Waals surface area contributed by atoms with Crippen LogP contribution < -0.4 is 10.6 Å². The molecule has 5 heteroatoms. The zero-order chi connectivity index (χ0) is 14.4. The Kier molecular flexibility index (Phi) is 9.43. The van der Waals surface area contributed by atoms with Crippen LogP contribution in [0.1, 0.15) is 47.5 Å². The van der Waals surface area contributed by atoms with Crippen LogP contribution in [0.25, 0.3) is 0 Å². The van der Waals surface area contributed by atoms with E-state index in [2.05, 4.69) is 50.2 Å². The Bertz CT molecular complexity index is 276. The molecule has 2 N–H and O–H groups in total. The van der Waals surface area contributed by atoms with Crippen molar-refractivity contribution in [1.29, 1.82) is 0 Å². The van der Waals surface area contributed by atoms with Crippen molar-refractivity contribution >= 4 is 18.3 Å². The molecule has 0 radical (unpaired) electrons. The molecule has 0 aromatic heterocycles. The Labute approximate surface area is 130 Å². The molecule has 0 aliphatic carbocycles. The molecule has 0 bridgehead atoms. The molecule has 1 amide bonds. The highest BCUT2D eigenvalue weighted by Gasteiger charge is 2.24. The van der Waals surface area contributed by atoms with Gasteiger partial charge in [0.1, 0.15) is 0 Å². The topological polar surface area (TPSA) is 44.4 Å². The zero-order valence-corrected chi connectivity index (χ0v) is 14.4. The van der Waals surface area contributed by atoms with Crippen molar-refractivity contribution in [3.8, 4) is 0 Å². The van der Waals surface area contributed by atoms with Gasteiger partial charge in [0.05, 0.1) is 6.04 Å². The first-order valence-corrected chi connectivity index (χ1v) is 7.68. The third kappa shape index (κ3) is 6.42.